The Labute approximate surface area is 146 Å². The molecule has 0 saturated carbocycles. The van der Waals surface area contributed by atoms with Gasteiger partial charge in [-0.05, 0) is 30.9 Å². The van der Waals surface area contributed by atoms with Crippen molar-refractivity contribution < 1.29 is 19.1 Å². The van der Waals surface area contributed by atoms with E-state index in [2.05, 4.69) is 10.6 Å². The Morgan fingerprint density at radius 2 is 2.00 bits per heavy atom. The van der Waals surface area contributed by atoms with Crippen LogP contribution in [0.5, 0.6) is 11.5 Å². The molecule has 2 aliphatic heterocycles. The van der Waals surface area contributed by atoms with E-state index < -0.39 is 6.03 Å². The number of primary amides is 1. The largest absolute Gasteiger partial charge is 0.486 e. The molecule has 1 aromatic rings. The SMILES string of the molecule is NC(=O)NC[C@H]1CCCN(C(=O)NC[C@@H]2COc3ccccc3O2)C1. The van der Waals surface area contributed by atoms with Crippen molar-refractivity contribution >= 4 is 12.1 Å². The van der Waals surface area contributed by atoms with E-state index in [0.29, 0.717) is 38.5 Å². The Kier molecular flexibility index (Phi) is 5.47. The molecule has 0 aliphatic carbocycles. The number of likely N-dealkylation sites (tertiary alicyclic amines) is 1. The third kappa shape index (κ3) is 4.68. The number of nitrogens with zero attached hydrogens (tertiary/aromatic N) is 1. The van der Waals surface area contributed by atoms with Crippen LogP contribution in [0.4, 0.5) is 9.59 Å². The number of piperidine rings is 1. The van der Waals surface area contributed by atoms with Gasteiger partial charge < -0.3 is 30.7 Å². The van der Waals surface area contributed by atoms with Crippen molar-refractivity contribution in [3.8, 4) is 11.5 Å². The molecule has 4 N–H and O–H groups in total. The van der Waals surface area contributed by atoms with Gasteiger partial charge in [0.1, 0.15) is 6.61 Å². The molecule has 1 aromatic carbocycles. The first-order valence-electron chi connectivity index (χ1n) is 8.56. The molecule has 1 saturated heterocycles. The van der Waals surface area contributed by atoms with E-state index >= 15 is 0 Å². The fraction of sp³-hybridized carbons (Fsp3) is 0.529. The van der Waals surface area contributed by atoms with E-state index in [1.54, 1.807) is 4.90 Å². The van der Waals surface area contributed by atoms with Crippen molar-refractivity contribution in [2.24, 2.45) is 11.7 Å². The average molecular weight is 348 g/mol. The number of benzene rings is 1. The van der Waals surface area contributed by atoms with Crippen LogP contribution in [0, 0.1) is 5.92 Å². The van der Waals surface area contributed by atoms with Gasteiger partial charge in [0.25, 0.3) is 0 Å². The van der Waals surface area contributed by atoms with E-state index in [1.807, 2.05) is 24.3 Å². The Morgan fingerprint density at radius 3 is 2.80 bits per heavy atom. The summed E-state index contributed by atoms with van der Waals surface area (Å²) in [5, 5.41) is 5.52. The lowest BCUT2D eigenvalue weighted by Gasteiger charge is -2.33. The molecule has 2 aliphatic rings. The fourth-order valence-electron chi connectivity index (χ4n) is 3.14. The summed E-state index contributed by atoms with van der Waals surface area (Å²) in [4.78, 5) is 25.0. The number of hydrogen-bond acceptors (Lipinski definition) is 4. The first kappa shape index (κ1) is 17.2. The average Bonchev–Trinajstić information content (AvgIpc) is 2.64. The molecule has 136 valence electrons. The van der Waals surface area contributed by atoms with Gasteiger partial charge in [0.2, 0.25) is 0 Å². The molecule has 1 fully saturated rings. The predicted molar refractivity (Wildman–Crippen MR) is 91.6 cm³/mol. The van der Waals surface area contributed by atoms with Crippen LogP contribution in [0.15, 0.2) is 24.3 Å². The second-order valence-electron chi connectivity index (χ2n) is 6.38. The Bertz CT molecular complexity index is 624. The van der Waals surface area contributed by atoms with Gasteiger partial charge in [-0.3, -0.25) is 0 Å². The van der Waals surface area contributed by atoms with Crippen molar-refractivity contribution in [2.75, 3.05) is 32.8 Å². The number of carbonyl (C=O) groups is 2. The van der Waals surface area contributed by atoms with Gasteiger partial charge in [0.05, 0.1) is 6.54 Å². The maximum Gasteiger partial charge on any atom is 0.317 e. The number of nitrogens with one attached hydrogen (secondary N) is 2. The number of urea groups is 2. The van der Waals surface area contributed by atoms with Crippen LogP contribution in [0.1, 0.15) is 12.8 Å². The van der Waals surface area contributed by atoms with Gasteiger partial charge in [-0.15, -0.1) is 0 Å². The molecular weight excluding hydrogens is 324 g/mol. The number of fused-ring (bicyclic) bond motifs is 1. The van der Waals surface area contributed by atoms with Gasteiger partial charge in [-0.25, -0.2) is 9.59 Å². The van der Waals surface area contributed by atoms with Gasteiger partial charge in [0, 0.05) is 19.6 Å². The van der Waals surface area contributed by atoms with Gasteiger partial charge in [-0.2, -0.15) is 0 Å². The zero-order chi connectivity index (χ0) is 17.6. The maximum absolute atomic E-state index is 12.4. The van der Waals surface area contributed by atoms with Crippen LogP contribution in [0.25, 0.3) is 0 Å². The summed E-state index contributed by atoms with van der Waals surface area (Å²) in [6, 6.07) is 6.84. The summed E-state index contributed by atoms with van der Waals surface area (Å²) in [5.41, 5.74) is 5.10. The van der Waals surface area contributed by atoms with E-state index in [0.717, 1.165) is 18.6 Å². The summed E-state index contributed by atoms with van der Waals surface area (Å²) in [6.07, 6.45) is 1.67. The zero-order valence-corrected chi connectivity index (χ0v) is 14.1. The smallest absolute Gasteiger partial charge is 0.317 e. The highest BCUT2D eigenvalue weighted by molar-refractivity contribution is 5.74. The van der Waals surface area contributed by atoms with Crippen LogP contribution < -0.4 is 25.8 Å². The molecule has 4 amide bonds. The number of para-hydroxylation sites is 2. The van der Waals surface area contributed by atoms with Gasteiger partial charge in [0.15, 0.2) is 17.6 Å². The normalized spacial score (nSPS) is 22.2. The number of rotatable bonds is 4. The van der Waals surface area contributed by atoms with Crippen molar-refractivity contribution in [3.05, 3.63) is 24.3 Å². The minimum absolute atomic E-state index is 0.119. The molecule has 0 bridgehead atoms. The fourth-order valence-corrected chi connectivity index (χ4v) is 3.14. The molecule has 2 atom stereocenters. The summed E-state index contributed by atoms with van der Waals surface area (Å²) < 4.78 is 11.5. The van der Waals surface area contributed by atoms with E-state index in [4.69, 9.17) is 15.2 Å². The highest BCUT2D eigenvalue weighted by Gasteiger charge is 2.26. The second kappa shape index (κ2) is 7.96. The number of ether oxygens (including phenoxy) is 2. The Hall–Kier alpha value is -2.64. The summed E-state index contributed by atoms with van der Waals surface area (Å²) in [6.45, 7) is 2.60. The second-order valence-corrected chi connectivity index (χ2v) is 6.38. The third-order valence-corrected chi connectivity index (χ3v) is 4.42. The van der Waals surface area contributed by atoms with Crippen LogP contribution in [0.2, 0.25) is 0 Å². The monoisotopic (exact) mass is 348 g/mol. The highest BCUT2D eigenvalue weighted by atomic mass is 16.6. The van der Waals surface area contributed by atoms with Gasteiger partial charge in [-0.1, -0.05) is 12.1 Å². The number of carbonyl (C=O) groups excluding carboxylic acids is 2. The Balaban J connectivity index is 1.44. The van der Waals surface area contributed by atoms with Crippen LogP contribution in [-0.4, -0.2) is 55.9 Å². The van der Waals surface area contributed by atoms with E-state index in [1.165, 1.54) is 0 Å². The first-order valence-corrected chi connectivity index (χ1v) is 8.56. The molecule has 8 nitrogen and oxygen atoms in total. The van der Waals surface area contributed by atoms with Gasteiger partial charge >= 0.3 is 12.1 Å². The maximum atomic E-state index is 12.4. The molecule has 0 aromatic heterocycles. The van der Waals surface area contributed by atoms with Crippen LogP contribution >= 0.6 is 0 Å². The predicted octanol–water partition coefficient (Wildman–Crippen LogP) is 0.916. The van der Waals surface area contributed by atoms with Crippen molar-refractivity contribution in [2.45, 2.75) is 18.9 Å². The minimum atomic E-state index is -0.531. The lowest BCUT2D eigenvalue weighted by Crippen LogP contribution is -2.50. The highest BCUT2D eigenvalue weighted by Crippen LogP contribution is 2.30. The number of hydrogen-bond donors (Lipinski definition) is 3. The van der Waals surface area contributed by atoms with Crippen LogP contribution in [0.3, 0.4) is 0 Å². The van der Waals surface area contributed by atoms with Crippen molar-refractivity contribution in [1.82, 2.24) is 15.5 Å². The molecule has 2 heterocycles. The topological polar surface area (TPSA) is 106 Å². The summed E-state index contributed by atoms with van der Waals surface area (Å²) in [5.74, 6) is 1.66. The van der Waals surface area contributed by atoms with Crippen molar-refractivity contribution in [3.63, 3.8) is 0 Å². The third-order valence-electron chi connectivity index (χ3n) is 4.42. The lowest BCUT2D eigenvalue weighted by molar-refractivity contribution is 0.0889. The van der Waals surface area contributed by atoms with Crippen molar-refractivity contribution in [1.29, 1.82) is 0 Å². The molecule has 25 heavy (non-hydrogen) atoms. The molecule has 0 radical (unpaired) electrons. The number of amides is 4. The quantitative estimate of drug-likeness (QED) is 0.752. The van der Waals surface area contributed by atoms with E-state index in [9.17, 15) is 9.59 Å². The summed E-state index contributed by atoms with van der Waals surface area (Å²) >= 11 is 0. The minimum Gasteiger partial charge on any atom is -0.486 e. The zero-order valence-electron chi connectivity index (χ0n) is 14.1. The Morgan fingerprint density at radius 1 is 1.20 bits per heavy atom. The molecule has 8 heteroatoms. The standard InChI is InChI=1S/C17H24N4O4/c18-16(22)19-8-12-4-3-7-21(10-12)17(23)20-9-13-11-24-14-5-1-2-6-15(14)25-13/h1-2,5-6,12-13H,3-4,7-11H2,(H,20,23)(H3,18,19,22)/t12-,13-/m1/s1. The molecule has 0 unspecified atom stereocenters. The number of nitrogens with two attached hydrogens (primary N) is 1. The molecule has 0 spiro atoms. The van der Waals surface area contributed by atoms with Crippen LogP contribution in [-0.2, 0) is 0 Å². The first-order chi connectivity index (χ1) is 12.1. The summed E-state index contributed by atoms with van der Waals surface area (Å²) in [7, 11) is 0. The molecular formula is C17H24N4O4. The molecule has 3 rings (SSSR count). The lowest BCUT2D eigenvalue weighted by atomic mass is 9.98. The van der Waals surface area contributed by atoms with E-state index in [-0.39, 0.29) is 18.1 Å².